The van der Waals surface area contributed by atoms with Crippen LogP contribution in [0.3, 0.4) is 0 Å². The summed E-state index contributed by atoms with van der Waals surface area (Å²) in [4.78, 5) is 32.0. The molecule has 0 radical (unpaired) electrons. The minimum Gasteiger partial charge on any atom is -0.444 e. The van der Waals surface area contributed by atoms with Crippen molar-refractivity contribution in [2.75, 3.05) is 18.4 Å². The van der Waals surface area contributed by atoms with Gasteiger partial charge in [-0.3, -0.25) is 9.48 Å². The molecule has 11 heteroatoms. The molecule has 0 bridgehead atoms. The SMILES string of the molecule is Cc1ccc(-n2cc(-c3cnc(NC(=O)c4c(Cl)cnn4C4CCN(C(=O)OC(C)(C)C)CC4)c(C)c3)cn2)cc1. The number of carbonyl (C=O) groups is 2. The molecule has 3 aromatic heterocycles. The van der Waals surface area contributed by atoms with Crippen LogP contribution >= 0.6 is 11.6 Å². The van der Waals surface area contributed by atoms with Gasteiger partial charge in [0.15, 0.2) is 0 Å². The Morgan fingerprint density at radius 3 is 2.37 bits per heavy atom. The first-order valence-electron chi connectivity index (χ1n) is 13.6. The second-order valence-corrected chi connectivity index (χ2v) is 11.7. The van der Waals surface area contributed by atoms with Crippen LogP contribution in [0.4, 0.5) is 10.6 Å². The van der Waals surface area contributed by atoms with Crippen LogP contribution in [0.5, 0.6) is 0 Å². The highest BCUT2D eigenvalue weighted by Gasteiger charge is 2.30. The molecule has 0 unspecified atom stereocenters. The van der Waals surface area contributed by atoms with E-state index in [4.69, 9.17) is 16.3 Å². The Hall–Kier alpha value is -4.18. The zero-order chi connectivity index (χ0) is 29.3. The molecule has 4 heterocycles. The summed E-state index contributed by atoms with van der Waals surface area (Å²) in [5.74, 6) is 0.0471. The standard InChI is InChI=1S/C30H34ClN7O3/c1-19-6-8-23(9-7-19)37-18-22(16-33-37)21-14-20(2)27(32-15-21)35-28(39)26-25(31)17-34-38(26)24-10-12-36(13-11-24)29(40)41-30(3,4)5/h6-9,14-18,24H,10-13H2,1-5H3,(H,32,35,39). The predicted octanol–water partition coefficient (Wildman–Crippen LogP) is 6.23. The summed E-state index contributed by atoms with van der Waals surface area (Å²) < 4.78 is 8.97. The van der Waals surface area contributed by atoms with Gasteiger partial charge in [-0.15, -0.1) is 0 Å². The van der Waals surface area contributed by atoms with E-state index in [1.807, 2.05) is 75.8 Å². The van der Waals surface area contributed by atoms with Crippen molar-refractivity contribution >= 4 is 29.4 Å². The fraction of sp³-hybridized carbons (Fsp3) is 0.367. The summed E-state index contributed by atoms with van der Waals surface area (Å²) >= 11 is 6.43. The number of aromatic nitrogens is 5. The summed E-state index contributed by atoms with van der Waals surface area (Å²) in [5, 5.41) is 12.0. The number of hydrogen-bond acceptors (Lipinski definition) is 6. The van der Waals surface area contributed by atoms with Gasteiger partial charge in [-0.25, -0.2) is 14.5 Å². The number of likely N-dealkylation sites (tertiary alicyclic amines) is 1. The van der Waals surface area contributed by atoms with E-state index in [9.17, 15) is 9.59 Å². The molecule has 0 spiro atoms. The Bertz CT molecular complexity index is 1560. The quantitative estimate of drug-likeness (QED) is 0.302. The zero-order valence-electron chi connectivity index (χ0n) is 23.9. The van der Waals surface area contributed by atoms with E-state index in [1.54, 1.807) is 22.0 Å². The number of nitrogens with one attached hydrogen (secondary N) is 1. The van der Waals surface area contributed by atoms with Gasteiger partial charge in [-0.2, -0.15) is 10.2 Å². The van der Waals surface area contributed by atoms with Crippen molar-refractivity contribution in [3.8, 4) is 16.8 Å². The Kier molecular flexibility index (Phi) is 7.86. The van der Waals surface area contributed by atoms with E-state index in [1.165, 1.54) is 11.8 Å². The first kappa shape index (κ1) is 28.4. The summed E-state index contributed by atoms with van der Waals surface area (Å²) in [6, 6.07) is 10.0. The van der Waals surface area contributed by atoms with Gasteiger partial charge in [0.25, 0.3) is 5.91 Å². The minimum absolute atomic E-state index is 0.0802. The highest BCUT2D eigenvalue weighted by Crippen LogP contribution is 2.29. The fourth-order valence-corrected chi connectivity index (χ4v) is 5.01. The number of anilines is 1. The highest BCUT2D eigenvalue weighted by molar-refractivity contribution is 6.34. The molecule has 0 aliphatic carbocycles. The molecule has 1 aliphatic rings. The lowest BCUT2D eigenvalue weighted by Gasteiger charge is -2.33. The maximum Gasteiger partial charge on any atom is 0.410 e. The van der Waals surface area contributed by atoms with Crippen LogP contribution < -0.4 is 5.32 Å². The molecule has 0 atom stereocenters. The molecule has 2 amide bonds. The van der Waals surface area contributed by atoms with Crippen molar-refractivity contribution in [2.45, 2.75) is 59.1 Å². The van der Waals surface area contributed by atoms with E-state index >= 15 is 0 Å². The second kappa shape index (κ2) is 11.4. The Balaban J connectivity index is 1.27. The molecule has 41 heavy (non-hydrogen) atoms. The second-order valence-electron chi connectivity index (χ2n) is 11.3. The lowest BCUT2D eigenvalue weighted by molar-refractivity contribution is 0.0183. The van der Waals surface area contributed by atoms with Gasteiger partial charge in [-0.1, -0.05) is 29.3 Å². The van der Waals surface area contributed by atoms with Gasteiger partial charge < -0.3 is 15.0 Å². The predicted molar refractivity (Wildman–Crippen MR) is 158 cm³/mol. The van der Waals surface area contributed by atoms with Gasteiger partial charge in [-0.05, 0) is 71.2 Å². The summed E-state index contributed by atoms with van der Waals surface area (Å²) in [5.41, 5.74) is 4.48. The van der Waals surface area contributed by atoms with E-state index in [2.05, 4.69) is 20.5 Å². The van der Waals surface area contributed by atoms with E-state index in [0.717, 1.165) is 22.4 Å². The van der Waals surface area contributed by atoms with E-state index in [0.29, 0.717) is 31.7 Å². The lowest BCUT2D eigenvalue weighted by atomic mass is 10.1. The van der Waals surface area contributed by atoms with E-state index in [-0.39, 0.29) is 22.9 Å². The van der Waals surface area contributed by atoms with Crippen molar-refractivity contribution in [2.24, 2.45) is 0 Å². The molecule has 1 N–H and O–H groups in total. The van der Waals surface area contributed by atoms with Crippen LogP contribution in [0.25, 0.3) is 16.8 Å². The number of amides is 2. The monoisotopic (exact) mass is 575 g/mol. The number of halogens is 1. The summed E-state index contributed by atoms with van der Waals surface area (Å²) in [6.45, 7) is 10.5. The Morgan fingerprint density at radius 1 is 1.00 bits per heavy atom. The first-order valence-corrected chi connectivity index (χ1v) is 14.0. The van der Waals surface area contributed by atoms with Crippen molar-refractivity contribution in [1.29, 1.82) is 0 Å². The highest BCUT2D eigenvalue weighted by atomic mass is 35.5. The van der Waals surface area contributed by atoms with Crippen LogP contribution in [0.2, 0.25) is 5.02 Å². The first-order chi connectivity index (χ1) is 19.5. The molecular weight excluding hydrogens is 542 g/mol. The molecule has 5 rings (SSSR count). The molecule has 1 saturated heterocycles. The number of rotatable bonds is 5. The molecule has 10 nitrogen and oxygen atoms in total. The summed E-state index contributed by atoms with van der Waals surface area (Å²) in [6.07, 6.45) is 7.85. The average molecular weight is 576 g/mol. The number of benzene rings is 1. The van der Waals surface area contributed by atoms with Gasteiger partial charge >= 0.3 is 6.09 Å². The average Bonchev–Trinajstić information content (AvgIpc) is 3.57. The van der Waals surface area contributed by atoms with Crippen molar-refractivity contribution in [3.05, 3.63) is 77.0 Å². The van der Waals surface area contributed by atoms with Crippen molar-refractivity contribution in [1.82, 2.24) is 29.4 Å². The summed E-state index contributed by atoms with van der Waals surface area (Å²) in [7, 11) is 0. The third-order valence-corrected chi connectivity index (χ3v) is 7.23. The number of carbonyl (C=O) groups excluding carboxylic acids is 2. The molecule has 4 aromatic rings. The molecule has 1 fully saturated rings. The number of nitrogens with zero attached hydrogens (tertiary/aromatic N) is 6. The van der Waals surface area contributed by atoms with Crippen molar-refractivity contribution < 1.29 is 14.3 Å². The van der Waals surface area contributed by atoms with Gasteiger partial charge in [0.2, 0.25) is 0 Å². The topological polar surface area (TPSA) is 107 Å². The minimum atomic E-state index is -0.553. The van der Waals surface area contributed by atoms with Crippen LogP contribution in [0, 0.1) is 13.8 Å². The van der Waals surface area contributed by atoms with Crippen LogP contribution in [-0.4, -0.2) is 60.1 Å². The molecule has 1 aliphatic heterocycles. The van der Waals surface area contributed by atoms with Gasteiger partial charge in [0.05, 0.1) is 29.1 Å². The fourth-order valence-electron chi connectivity index (χ4n) is 4.79. The lowest BCUT2D eigenvalue weighted by Crippen LogP contribution is -2.42. The van der Waals surface area contributed by atoms with E-state index < -0.39 is 11.5 Å². The third-order valence-electron chi connectivity index (χ3n) is 6.95. The molecule has 0 saturated carbocycles. The number of piperidine rings is 1. The van der Waals surface area contributed by atoms with Crippen LogP contribution in [0.15, 0.2) is 55.1 Å². The van der Waals surface area contributed by atoms with Crippen molar-refractivity contribution in [3.63, 3.8) is 0 Å². The smallest absolute Gasteiger partial charge is 0.410 e. The zero-order valence-corrected chi connectivity index (χ0v) is 24.6. The molecular formula is C30H34ClN7O3. The number of aryl methyl sites for hydroxylation is 2. The maximum atomic E-state index is 13.4. The maximum absolute atomic E-state index is 13.4. The van der Waals surface area contributed by atoms with Gasteiger partial charge in [0.1, 0.15) is 17.1 Å². The third kappa shape index (κ3) is 6.43. The van der Waals surface area contributed by atoms with Gasteiger partial charge in [0, 0.05) is 36.6 Å². The largest absolute Gasteiger partial charge is 0.444 e. The number of hydrogen-bond donors (Lipinski definition) is 1. The normalized spacial score (nSPS) is 14.2. The number of pyridine rings is 1. The molecule has 1 aromatic carbocycles. The van der Waals surface area contributed by atoms with Crippen LogP contribution in [0.1, 0.15) is 61.3 Å². The van der Waals surface area contributed by atoms with Crippen LogP contribution in [-0.2, 0) is 4.74 Å². The number of ether oxygens (including phenoxy) is 1. The Labute approximate surface area is 244 Å². The Morgan fingerprint density at radius 2 is 1.71 bits per heavy atom. The molecule has 214 valence electrons.